The zero-order chi connectivity index (χ0) is 13.1. The minimum atomic E-state index is -0.0339. The van der Waals surface area contributed by atoms with E-state index < -0.39 is 0 Å². The average molecular weight is 371 g/mol. The molecule has 0 aliphatic heterocycles. The smallest absolute Gasteiger partial charge is 0.177 e. The molecule has 0 aromatic heterocycles. The Morgan fingerprint density at radius 3 is 2.50 bits per heavy atom. The van der Waals surface area contributed by atoms with E-state index in [9.17, 15) is 4.79 Å². The van der Waals surface area contributed by atoms with Crippen LogP contribution in [0.2, 0.25) is 0 Å². The number of Topliss-reactive ketones (excluding diaryl/α,β-unsaturated/α-hetero) is 1. The molecular weight excluding hydrogens is 359 g/mol. The van der Waals surface area contributed by atoms with Gasteiger partial charge in [0, 0.05) is 9.13 Å². The number of benzene rings is 2. The Balaban J connectivity index is 2.60. The van der Waals surface area contributed by atoms with Crippen LogP contribution in [0.4, 0.5) is 0 Å². The molecule has 0 fully saturated rings. The molecule has 0 aliphatic carbocycles. The molecule has 0 aliphatic rings. The summed E-state index contributed by atoms with van der Waals surface area (Å²) in [7, 11) is 0. The number of hydrogen-bond donors (Lipinski definition) is 0. The molecule has 18 heavy (non-hydrogen) atoms. The molecule has 0 spiro atoms. The summed E-state index contributed by atoms with van der Waals surface area (Å²) < 4.78 is 1.17. The van der Waals surface area contributed by atoms with E-state index in [1.165, 1.54) is 3.57 Å². The summed E-state index contributed by atoms with van der Waals surface area (Å²) in [6.07, 6.45) is 0. The largest absolute Gasteiger partial charge is 0.293 e. The molecule has 0 N–H and O–H groups in total. The van der Waals surface area contributed by atoms with Crippen molar-refractivity contribution in [3.05, 3.63) is 57.2 Å². The number of rotatable bonds is 3. The van der Waals surface area contributed by atoms with Gasteiger partial charge in [0.2, 0.25) is 0 Å². The van der Waals surface area contributed by atoms with Crippen molar-refractivity contribution < 1.29 is 4.79 Å². The van der Waals surface area contributed by atoms with Crippen molar-refractivity contribution in [2.75, 3.05) is 5.88 Å². The predicted octanol–water partition coefficient (Wildman–Crippen LogP) is 4.69. The Hall–Kier alpha value is -0.870. The van der Waals surface area contributed by atoms with Gasteiger partial charge in [-0.25, -0.2) is 0 Å². The lowest BCUT2D eigenvalue weighted by Gasteiger charge is -2.10. The first-order valence-corrected chi connectivity index (χ1v) is 7.19. The van der Waals surface area contributed by atoms with E-state index in [1.54, 1.807) is 0 Å². The topological polar surface area (TPSA) is 17.1 Å². The normalized spacial score (nSPS) is 10.4. The van der Waals surface area contributed by atoms with Crippen LogP contribution in [0, 0.1) is 10.5 Å². The Morgan fingerprint density at radius 2 is 1.89 bits per heavy atom. The Labute approximate surface area is 125 Å². The first-order chi connectivity index (χ1) is 8.63. The highest BCUT2D eigenvalue weighted by atomic mass is 127. The van der Waals surface area contributed by atoms with Crippen LogP contribution in [0.3, 0.4) is 0 Å². The Kier molecular flexibility index (Phi) is 4.40. The quantitative estimate of drug-likeness (QED) is 0.435. The first kappa shape index (κ1) is 13.6. The van der Waals surface area contributed by atoms with Gasteiger partial charge >= 0.3 is 0 Å². The van der Waals surface area contributed by atoms with E-state index in [0.29, 0.717) is 5.56 Å². The van der Waals surface area contributed by atoms with E-state index >= 15 is 0 Å². The lowest BCUT2D eigenvalue weighted by atomic mass is 9.99. The fourth-order valence-corrected chi connectivity index (χ4v) is 2.61. The predicted molar refractivity (Wildman–Crippen MR) is 84.4 cm³/mol. The summed E-state index contributed by atoms with van der Waals surface area (Å²) >= 11 is 7.94. The summed E-state index contributed by atoms with van der Waals surface area (Å²) in [6.45, 7) is 2.01. The van der Waals surface area contributed by atoms with Crippen molar-refractivity contribution in [1.82, 2.24) is 0 Å². The Bertz CT molecular complexity index is 579. The molecule has 0 saturated heterocycles. The van der Waals surface area contributed by atoms with Gasteiger partial charge in [-0.1, -0.05) is 30.3 Å². The van der Waals surface area contributed by atoms with Crippen LogP contribution in [0.1, 0.15) is 15.9 Å². The van der Waals surface area contributed by atoms with Crippen LogP contribution in [-0.2, 0) is 0 Å². The van der Waals surface area contributed by atoms with Crippen LogP contribution in [0.25, 0.3) is 11.1 Å². The molecule has 0 unspecified atom stereocenters. The molecule has 0 amide bonds. The number of carbonyl (C=O) groups is 1. The highest BCUT2D eigenvalue weighted by Crippen LogP contribution is 2.29. The SMILES string of the molecule is Cc1cc(C(=O)CCl)cc(-c2ccccc2)c1I. The molecule has 2 rings (SSSR count). The van der Waals surface area contributed by atoms with Crippen molar-refractivity contribution in [2.24, 2.45) is 0 Å². The number of aryl methyl sites for hydroxylation is 1. The van der Waals surface area contributed by atoms with Crippen LogP contribution in [0.15, 0.2) is 42.5 Å². The maximum atomic E-state index is 11.7. The van der Waals surface area contributed by atoms with Crippen molar-refractivity contribution in [3.8, 4) is 11.1 Å². The summed E-state index contributed by atoms with van der Waals surface area (Å²) in [5.74, 6) is -0.0119. The number of alkyl halides is 1. The van der Waals surface area contributed by atoms with Crippen molar-refractivity contribution >= 4 is 40.0 Å². The highest BCUT2D eigenvalue weighted by Gasteiger charge is 2.11. The molecule has 92 valence electrons. The van der Waals surface area contributed by atoms with E-state index in [0.717, 1.165) is 16.7 Å². The zero-order valence-corrected chi connectivity index (χ0v) is 12.8. The number of halogens is 2. The lowest BCUT2D eigenvalue weighted by molar-refractivity contribution is 0.102. The molecule has 2 aromatic rings. The van der Waals surface area contributed by atoms with Crippen LogP contribution in [0.5, 0.6) is 0 Å². The van der Waals surface area contributed by atoms with E-state index in [1.807, 2.05) is 49.4 Å². The van der Waals surface area contributed by atoms with Crippen LogP contribution < -0.4 is 0 Å². The van der Waals surface area contributed by atoms with E-state index in [4.69, 9.17) is 11.6 Å². The highest BCUT2D eigenvalue weighted by molar-refractivity contribution is 14.1. The summed E-state index contributed by atoms with van der Waals surface area (Å²) in [5.41, 5.74) is 3.99. The molecule has 1 nitrogen and oxygen atoms in total. The second-order valence-corrected chi connectivity index (χ2v) is 5.42. The maximum absolute atomic E-state index is 11.7. The summed E-state index contributed by atoms with van der Waals surface area (Å²) in [5, 5.41) is 0. The monoisotopic (exact) mass is 370 g/mol. The number of ketones is 1. The van der Waals surface area contributed by atoms with Gasteiger partial charge in [-0.15, -0.1) is 11.6 Å². The third-order valence-electron chi connectivity index (χ3n) is 2.78. The molecule has 3 heteroatoms. The number of hydrogen-bond acceptors (Lipinski definition) is 1. The summed E-state index contributed by atoms with van der Waals surface area (Å²) in [6, 6.07) is 13.9. The van der Waals surface area contributed by atoms with Gasteiger partial charge in [0.1, 0.15) is 0 Å². The minimum absolute atomic E-state index is 0.0221. The maximum Gasteiger partial charge on any atom is 0.177 e. The fraction of sp³-hybridized carbons (Fsp3) is 0.133. The first-order valence-electron chi connectivity index (χ1n) is 5.58. The minimum Gasteiger partial charge on any atom is -0.293 e. The van der Waals surface area contributed by atoms with Gasteiger partial charge in [-0.05, 0) is 58.3 Å². The second-order valence-electron chi connectivity index (χ2n) is 4.08. The van der Waals surface area contributed by atoms with Gasteiger partial charge in [0.05, 0.1) is 5.88 Å². The molecule has 2 aromatic carbocycles. The molecule has 0 bridgehead atoms. The Morgan fingerprint density at radius 1 is 1.22 bits per heavy atom. The van der Waals surface area contributed by atoms with Gasteiger partial charge in [0.25, 0.3) is 0 Å². The van der Waals surface area contributed by atoms with Gasteiger partial charge in [-0.3, -0.25) is 4.79 Å². The third-order valence-corrected chi connectivity index (χ3v) is 4.46. The fourth-order valence-electron chi connectivity index (χ4n) is 1.84. The third kappa shape index (κ3) is 2.75. The van der Waals surface area contributed by atoms with Crippen LogP contribution >= 0.6 is 34.2 Å². The summed E-state index contributed by atoms with van der Waals surface area (Å²) in [4.78, 5) is 11.7. The molecule has 0 saturated carbocycles. The van der Waals surface area contributed by atoms with Gasteiger partial charge < -0.3 is 0 Å². The molecular formula is C15H12ClIO. The lowest BCUT2D eigenvalue weighted by Crippen LogP contribution is -2.02. The van der Waals surface area contributed by atoms with Crippen molar-refractivity contribution in [3.63, 3.8) is 0 Å². The molecule has 0 heterocycles. The van der Waals surface area contributed by atoms with E-state index in [2.05, 4.69) is 22.6 Å². The van der Waals surface area contributed by atoms with Crippen molar-refractivity contribution in [1.29, 1.82) is 0 Å². The van der Waals surface area contributed by atoms with E-state index in [-0.39, 0.29) is 11.7 Å². The standard InChI is InChI=1S/C15H12ClIO/c1-10-7-12(14(18)9-16)8-13(15(10)17)11-5-3-2-4-6-11/h2-8H,9H2,1H3. The average Bonchev–Trinajstić information content (AvgIpc) is 2.41. The zero-order valence-electron chi connectivity index (χ0n) is 9.91. The molecule has 0 atom stereocenters. The number of carbonyl (C=O) groups excluding carboxylic acids is 1. The van der Waals surface area contributed by atoms with Crippen LogP contribution in [-0.4, -0.2) is 11.7 Å². The van der Waals surface area contributed by atoms with Gasteiger partial charge in [0.15, 0.2) is 5.78 Å². The van der Waals surface area contributed by atoms with Crippen molar-refractivity contribution in [2.45, 2.75) is 6.92 Å². The van der Waals surface area contributed by atoms with Gasteiger partial charge in [-0.2, -0.15) is 0 Å². The molecule has 0 radical (unpaired) electrons. The second kappa shape index (κ2) is 5.85.